The molecule has 2 aliphatic rings. The lowest BCUT2D eigenvalue weighted by Crippen LogP contribution is -2.49. The molecule has 214 valence electrons. The van der Waals surface area contributed by atoms with Crippen LogP contribution in [0, 0.1) is 19.8 Å². The number of thiazole rings is 1. The Morgan fingerprint density at radius 2 is 2.02 bits per heavy atom. The van der Waals surface area contributed by atoms with E-state index in [1.165, 1.54) is 22.3 Å². The molecule has 2 aliphatic heterocycles. The van der Waals surface area contributed by atoms with Crippen LogP contribution in [-0.2, 0) is 33.8 Å². The third kappa shape index (κ3) is 6.51. The van der Waals surface area contributed by atoms with Gasteiger partial charge in [0.25, 0.3) is 0 Å². The molecular weight excluding hydrogens is 522 g/mol. The Kier molecular flexibility index (Phi) is 8.50. The van der Waals surface area contributed by atoms with Gasteiger partial charge in [0.05, 0.1) is 17.7 Å². The number of hydrogen-bond donors (Lipinski definition) is 1. The first-order valence-corrected chi connectivity index (χ1v) is 15.0. The van der Waals surface area contributed by atoms with Crippen LogP contribution < -0.4 is 15.0 Å². The zero-order valence-electron chi connectivity index (χ0n) is 24.5. The largest absolute Gasteiger partial charge is 0.488 e. The summed E-state index contributed by atoms with van der Waals surface area (Å²) in [6.45, 7) is 13.8. The predicted molar refractivity (Wildman–Crippen MR) is 160 cm³/mol. The van der Waals surface area contributed by atoms with Gasteiger partial charge in [0.2, 0.25) is 0 Å². The summed E-state index contributed by atoms with van der Waals surface area (Å²) in [5.41, 5.74) is 7.90. The van der Waals surface area contributed by atoms with Crippen molar-refractivity contribution < 1.29 is 19.0 Å². The number of carbonyl (C=O) groups excluding carboxylic acids is 1. The molecule has 40 heavy (non-hydrogen) atoms. The zero-order chi connectivity index (χ0) is 28.4. The van der Waals surface area contributed by atoms with Crippen molar-refractivity contribution in [1.29, 1.82) is 0 Å². The van der Waals surface area contributed by atoms with E-state index in [0.29, 0.717) is 19.6 Å². The number of methoxy groups -OCH3 is 1. The Bertz CT molecular complexity index is 1360. The molecule has 5 rings (SSSR count). The third-order valence-corrected chi connectivity index (χ3v) is 8.54. The lowest BCUT2D eigenvalue weighted by molar-refractivity contribution is -0.165. The normalized spacial score (nSPS) is 19.3. The van der Waals surface area contributed by atoms with E-state index in [1.54, 1.807) is 18.4 Å². The van der Waals surface area contributed by atoms with Gasteiger partial charge >= 0.3 is 5.97 Å². The van der Waals surface area contributed by atoms with Crippen molar-refractivity contribution in [3.63, 3.8) is 0 Å². The summed E-state index contributed by atoms with van der Waals surface area (Å²) in [6, 6.07) is 10.8. The van der Waals surface area contributed by atoms with Gasteiger partial charge in [0, 0.05) is 37.7 Å². The number of carbonyl (C=O) groups is 1. The van der Waals surface area contributed by atoms with Crippen LogP contribution in [0.1, 0.15) is 55.0 Å². The second-order valence-electron chi connectivity index (χ2n) is 11.9. The first-order chi connectivity index (χ1) is 19.1. The number of ether oxygens (including phenoxy) is 3. The molecule has 0 bridgehead atoms. The Hall–Kier alpha value is -2.94. The number of hydrogen-bond acceptors (Lipinski definition) is 8. The molecule has 0 radical (unpaired) electrons. The van der Waals surface area contributed by atoms with Crippen molar-refractivity contribution >= 4 is 22.4 Å². The molecule has 0 unspecified atom stereocenters. The molecule has 0 spiro atoms. The summed E-state index contributed by atoms with van der Waals surface area (Å²) in [5, 5.41) is 6.48. The highest BCUT2D eigenvalue weighted by molar-refractivity contribution is 7.14. The highest BCUT2D eigenvalue weighted by Crippen LogP contribution is 2.36. The lowest BCUT2D eigenvalue weighted by atomic mass is 9.93. The number of anilines is 1. The minimum atomic E-state index is -0.513. The van der Waals surface area contributed by atoms with Crippen LogP contribution in [0.15, 0.2) is 35.7 Å². The Balaban J connectivity index is 1.30. The van der Waals surface area contributed by atoms with E-state index in [0.717, 1.165) is 53.8 Å². The summed E-state index contributed by atoms with van der Waals surface area (Å²) in [5.74, 6) is 0.365. The van der Waals surface area contributed by atoms with Gasteiger partial charge in [-0.25, -0.2) is 4.98 Å². The van der Waals surface area contributed by atoms with Crippen molar-refractivity contribution in [2.24, 2.45) is 5.92 Å². The smallest absolute Gasteiger partial charge is 0.312 e. The molecule has 2 aromatic carbocycles. The van der Waals surface area contributed by atoms with Crippen LogP contribution in [0.4, 0.5) is 5.13 Å². The minimum absolute atomic E-state index is 0.189. The second kappa shape index (κ2) is 11.9. The maximum absolute atomic E-state index is 12.8. The molecule has 8 heteroatoms. The molecule has 7 nitrogen and oxygen atoms in total. The quantitative estimate of drug-likeness (QED) is 0.363. The van der Waals surface area contributed by atoms with Gasteiger partial charge in [-0.1, -0.05) is 23.8 Å². The van der Waals surface area contributed by atoms with Crippen molar-refractivity contribution in [3.8, 4) is 17.0 Å². The highest BCUT2D eigenvalue weighted by atomic mass is 32.1. The SMILES string of the molecule is CO[C@H]1CN(c2nc(-c3cc(C)ccc3OCc3cc(C)c4c(c3)CCNC4)cs2)CC[C@H]1C(=O)OC(C)(C)C. The molecule has 3 aromatic rings. The van der Waals surface area contributed by atoms with E-state index in [2.05, 4.69) is 53.7 Å². The molecule has 1 N–H and O–H groups in total. The standard InChI is InChI=1S/C32H41N3O4S/c1-20-7-8-28(38-18-22-14-21(2)26-16-33-11-9-23(26)15-22)25(13-20)27-19-40-31(34-27)35-12-10-24(29(17-35)37-6)30(36)39-32(3,4)5/h7-8,13-15,19,24,29,33H,9-12,16-18H2,1-6H3/t24-,29+/m1/s1. The number of nitrogens with zero attached hydrogens (tertiary/aromatic N) is 2. The summed E-state index contributed by atoms with van der Waals surface area (Å²) in [4.78, 5) is 20.0. The highest BCUT2D eigenvalue weighted by Gasteiger charge is 2.37. The van der Waals surface area contributed by atoms with Crippen molar-refractivity contribution in [1.82, 2.24) is 10.3 Å². The molecular formula is C32H41N3O4S. The lowest BCUT2D eigenvalue weighted by Gasteiger charge is -2.37. The number of esters is 1. The van der Waals surface area contributed by atoms with Crippen LogP contribution in [0.3, 0.4) is 0 Å². The van der Waals surface area contributed by atoms with Crippen LogP contribution in [-0.4, -0.2) is 49.4 Å². The number of nitrogens with one attached hydrogen (secondary N) is 1. The summed E-state index contributed by atoms with van der Waals surface area (Å²) < 4.78 is 17.8. The fraction of sp³-hybridized carbons (Fsp3) is 0.500. The number of piperidine rings is 1. The average molecular weight is 564 g/mol. The molecule has 0 aliphatic carbocycles. The van der Waals surface area contributed by atoms with E-state index in [9.17, 15) is 4.79 Å². The van der Waals surface area contributed by atoms with Gasteiger partial charge in [-0.3, -0.25) is 4.79 Å². The summed E-state index contributed by atoms with van der Waals surface area (Å²) in [6.07, 6.45) is 1.47. The predicted octanol–water partition coefficient (Wildman–Crippen LogP) is 5.83. The maximum Gasteiger partial charge on any atom is 0.312 e. The first kappa shape index (κ1) is 28.6. The summed E-state index contributed by atoms with van der Waals surface area (Å²) >= 11 is 1.61. The zero-order valence-corrected chi connectivity index (χ0v) is 25.3. The molecule has 0 saturated carbocycles. The van der Waals surface area contributed by atoms with E-state index in [-0.39, 0.29) is 18.0 Å². The van der Waals surface area contributed by atoms with E-state index >= 15 is 0 Å². The van der Waals surface area contributed by atoms with Crippen LogP contribution in [0.25, 0.3) is 11.3 Å². The number of aryl methyl sites for hydroxylation is 2. The third-order valence-electron chi connectivity index (χ3n) is 7.64. The molecule has 1 saturated heterocycles. The van der Waals surface area contributed by atoms with E-state index in [4.69, 9.17) is 19.2 Å². The van der Waals surface area contributed by atoms with Gasteiger partial charge in [-0.2, -0.15) is 0 Å². The molecule has 1 aromatic heterocycles. The fourth-order valence-electron chi connectivity index (χ4n) is 5.61. The Labute approximate surface area is 241 Å². The molecule has 0 amide bonds. The summed E-state index contributed by atoms with van der Waals surface area (Å²) in [7, 11) is 1.66. The van der Waals surface area contributed by atoms with Gasteiger partial charge in [-0.15, -0.1) is 11.3 Å². The van der Waals surface area contributed by atoms with E-state index < -0.39 is 5.60 Å². The maximum atomic E-state index is 12.8. The molecule has 2 atom stereocenters. The van der Waals surface area contributed by atoms with Crippen LogP contribution in [0.2, 0.25) is 0 Å². The number of benzene rings is 2. The molecule has 3 heterocycles. The Morgan fingerprint density at radius 3 is 2.80 bits per heavy atom. The van der Waals surface area contributed by atoms with Crippen molar-refractivity contribution in [2.75, 3.05) is 31.6 Å². The van der Waals surface area contributed by atoms with Crippen molar-refractivity contribution in [2.45, 2.75) is 72.3 Å². The monoisotopic (exact) mass is 563 g/mol. The molecule has 1 fully saturated rings. The van der Waals surface area contributed by atoms with Crippen LogP contribution >= 0.6 is 11.3 Å². The van der Waals surface area contributed by atoms with Crippen LogP contribution in [0.5, 0.6) is 5.75 Å². The fourth-order valence-corrected chi connectivity index (χ4v) is 6.47. The van der Waals surface area contributed by atoms with Gasteiger partial charge < -0.3 is 24.4 Å². The van der Waals surface area contributed by atoms with E-state index in [1.807, 2.05) is 26.8 Å². The van der Waals surface area contributed by atoms with Gasteiger partial charge in [0.15, 0.2) is 5.13 Å². The Morgan fingerprint density at radius 1 is 1.20 bits per heavy atom. The van der Waals surface area contributed by atoms with Gasteiger partial charge in [-0.05, 0) is 88.4 Å². The average Bonchev–Trinajstić information content (AvgIpc) is 3.41. The van der Waals surface area contributed by atoms with Gasteiger partial charge in [0.1, 0.15) is 18.0 Å². The second-order valence-corrected chi connectivity index (χ2v) is 12.8. The number of aromatic nitrogens is 1. The number of fused-ring (bicyclic) bond motifs is 1. The topological polar surface area (TPSA) is 72.9 Å². The first-order valence-electron chi connectivity index (χ1n) is 14.1. The minimum Gasteiger partial charge on any atom is -0.488 e. The number of rotatable bonds is 7. The van der Waals surface area contributed by atoms with Crippen molar-refractivity contribution in [3.05, 3.63) is 63.5 Å².